The number of carbonyl (C=O) groups is 3. The van der Waals surface area contributed by atoms with Crippen molar-refractivity contribution in [3.8, 4) is 0 Å². The van der Waals surface area contributed by atoms with Crippen LogP contribution in [0.25, 0.3) is 0 Å². The molecule has 0 aliphatic carbocycles. The summed E-state index contributed by atoms with van der Waals surface area (Å²) < 4.78 is 4.64. The molecule has 0 saturated carbocycles. The second kappa shape index (κ2) is 8.55. The quantitative estimate of drug-likeness (QED) is 0.735. The number of methoxy groups -OCH3 is 1. The average molecular weight is 377 g/mol. The van der Waals surface area contributed by atoms with Gasteiger partial charge in [0.2, 0.25) is 5.91 Å². The monoisotopic (exact) mass is 377 g/mol. The van der Waals surface area contributed by atoms with E-state index >= 15 is 0 Å². The fourth-order valence-electron chi connectivity index (χ4n) is 3.18. The lowest BCUT2D eigenvalue weighted by molar-refractivity contribution is -0.131. The van der Waals surface area contributed by atoms with E-state index in [9.17, 15) is 14.4 Å². The molecule has 2 amide bonds. The maximum absolute atomic E-state index is 12.4. The van der Waals surface area contributed by atoms with Gasteiger partial charge < -0.3 is 20.3 Å². The van der Waals surface area contributed by atoms with Gasteiger partial charge in [-0.15, -0.1) is 11.8 Å². The Balaban J connectivity index is 1.46. The lowest BCUT2D eigenvalue weighted by Crippen LogP contribution is -2.42. The fraction of sp³-hybridized carbons (Fsp3) is 0.500. The molecule has 0 radical (unpaired) electrons. The van der Waals surface area contributed by atoms with Crippen LogP contribution in [0.2, 0.25) is 0 Å². The van der Waals surface area contributed by atoms with Crippen molar-refractivity contribution in [2.75, 3.05) is 38.4 Å². The van der Waals surface area contributed by atoms with E-state index < -0.39 is 5.97 Å². The van der Waals surface area contributed by atoms with Crippen molar-refractivity contribution in [2.24, 2.45) is 5.92 Å². The maximum atomic E-state index is 12.4. The highest BCUT2D eigenvalue weighted by molar-refractivity contribution is 7.99. The van der Waals surface area contributed by atoms with Gasteiger partial charge in [0.1, 0.15) is 0 Å². The molecule has 2 saturated heterocycles. The van der Waals surface area contributed by atoms with Crippen LogP contribution in [-0.2, 0) is 9.53 Å². The zero-order valence-electron chi connectivity index (χ0n) is 14.7. The molecule has 0 spiro atoms. The lowest BCUT2D eigenvalue weighted by atomic mass is 10.0. The summed E-state index contributed by atoms with van der Waals surface area (Å²) in [6.07, 6.45) is 0.738. The van der Waals surface area contributed by atoms with Crippen LogP contribution < -0.4 is 10.6 Å². The molecule has 0 bridgehead atoms. The molecule has 2 N–H and O–H groups in total. The van der Waals surface area contributed by atoms with Gasteiger partial charge in [0.15, 0.2) is 0 Å². The van der Waals surface area contributed by atoms with Crippen LogP contribution in [0.5, 0.6) is 0 Å². The number of rotatable bonds is 5. The Morgan fingerprint density at radius 2 is 2.00 bits per heavy atom. The van der Waals surface area contributed by atoms with Crippen molar-refractivity contribution >= 4 is 29.5 Å². The van der Waals surface area contributed by atoms with E-state index in [-0.39, 0.29) is 23.8 Å². The standard InChI is InChI=1S/C18H23N3O4S/c1-25-18(24)14-4-2-13(3-5-14)16(22)20-10-12-8-15(19-9-12)17(23)21-6-7-26-11-21/h2-5,12,15,19H,6-11H2,1H3,(H,20,22). The van der Waals surface area contributed by atoms with Crippen molar-refractivity contribution in [3.63, 3.8) is 0 Å². The second-order valence-corrected chi connectivity index (χ2v) is 7.56. The molecule has 2 heterocycles. The van der Waals surface area contributed by atoms with E-state index in [1.807, 2.05) is 4.90 Å². The molecule has 2 aliphatic heterocycles. The molecule has 2 aliphatic rings. The number of benzene rings is 1. The summed E-state index contributed by atoms with van der Waals surface area (Å²) in [7, 11) is 1.32. The summed E-state index contributed by atoms with van der Waals surface area (Å²) in [6.45, 7) is 2.06. The van der Waals surface area contributed by atoms with E-state index in [1.165, 1.54) is 7.11 Å². The molecule has 1 aromatic rings. The number of thioether (sulfide) groups is 1. The second-order valence-electron chi connectivity index (χ2n) is 6.48. The summed E-state index contributed by atoms with van der Waals surface area (Å²) in [6, 6.07) is 6.20. The molecule has 2 atom stereocenters. The highest BCUT2D eigenvalue weighted by atomic mass is 32.2. The van der Waals surface area contributed by atoms with Gasteiger partial charge in [-0.1, -0.05) is 0 Å². The first-order valence-corrected chi connectivity index (χ1v) is 9.80. The van der Waals surface area contributed by atoms with Gasteiger partial charge in [0.05, 0.1) is 24.6 Å². The van der Waals surface area contributed by atoms with Crippen LogP contribution in [0, 0.1) is 5.92 Å². The Morgan fingerprint density at radius 3 is 2.65 bits per heavy atom. The molecule has 2 fully saturated rings. The topological polar surface area (TPSA) is 87.7 Å². The Bertz CT molecular complexity index is 674. The normalized spacial score (nSPS) is 22.3. The van der Waals surface area contributed by atoms with E-state index in [1.54, 1.807) is 36.0 Å². The predicted molar refractivity (Wildman–Crippen MR) is 99.1 cm³/mol. The van der Waals surface area contributed by atoms with Crippen LogP contribution in [-0.4, -0.2) is 67.1 Å². The van der Waals surface area contributed by atoms with Gasteiger partial charge in [-0.05, 0) is 36.6 Å². The third-order valence-corrected chi connectivity index (χ3v) is 5.67. The summed E-state index contributed by atoms with van der Waals surface area (Å²) >= 11 is 1.78. The van der Waals surface area contributed by atoms with Crippen molar-refractivity contribution in [1.29, 1.82) is 0 Å². The van der Waals surface area contributed by atoms with Crippen LogP contribution >= 0.6 is 11.8 Å². The zero-order valence-corrected chi connectivity index (χ0v) is 15.5. The largest absolute Gasteiger partial charge is 0.465 e. The fourth-order valence-corrected chi connectivity index (χ4v) is 4.13. The first kappa shape index (κ1) is 18.7. The molecule has 8 heteroatoms. The molecule has 7 nitrogen and oxygen atoms in total. The Hall–Kier alpha value is -2.06. The smallest absolute Gasteiger partial charge is 0.337 e. The highest BCUT2D eigenvalue weighted by Crippen LogP contribution is 2.20. The van der Waals surface area contributed by atoms with Crippen molar-refractivity contribution in [1.82, 2.24) is 15.5 Å². The molecule has 140 valence electrons. The van der Waals surface area contributed by atoms with Crippen LogP contribution in [0.15, 0.2) is 24.3 Å². The van der Waals surface area contributed by atoms with Crippen molar-refractivity contribution in [2.45, 2.75) is 12.5 Å². The Labute approximate surface area is 156 Å². The molecule has 2 unspecified atom stereocenters. The summed E-state index contributed by atoms with van der Waals surface area (Å²) in [5.41, 5.74) is 0.899. The van der Waals surface area contributed by atoms with Gasteiger partial charge in [-0.3, -0.25) is 9.59 Å². The number of ether oxygens (including phenoxy) is 1. The predicted octanol–water partition coefficient (Wildman–Crippen LogP) is 0.714. The van der Waals surface area contributed by atoms with Crippen molar-refractivity contribution < 1.29 is 19.1 Å². The molecular weight excluding hydrogens is 354 g/mol. The number of nitrogens with one attached hydrogen (secondary N) is 2. The third kappa shape index (κ3) is 4.37. The van der Waals surface area contributed by atoms with Gasteiger partial charge in [-0.25, -0.2) is 4.79 Å². The van der Waals surface area contributed by atoms with Gasteiger partial charge in [-0.2, -0.15) is 0 Å². The van der Waals surface area contributed by atoms with Crippen molar-refractivity contribution in [3.05, 3.63) is 35.4 Å². The SMILES string of the molecule is COC(=O)c1ccc(C(=O)NCC2CNC(C(=O)N3CCSC3)C2)cc1. The first-order chi connectivity index (χ1) is 12.6. The molecular formula is C18H23N3O4S. The van der Waals surface area contributed by atoms with E-state index in [4.69, 9.17) is 0 Å². The van der Waals surface area contributed by atoms with Crippen LogP contribution in [0.1, 0.15) is 27.1 Å². The van der Waals surface area contributed by atoms with E-state index in [2.05, 4.69) is 15.4 Å². The van der Waals surface area contributed by atoms with Crippen LogP contribution in [0.3, 0.4) is 0 Å². The Kier molecular flexibility index (Phi) is 6.16. The first-order valence-electron chi connectivity index (χ1n) is 8.65. The number of esters is 1. The third-order valence-electron chi connectivity index (χ3n) is 4.70. The summed E-state index contributed by atoms with van der Waals surface area (Å²) in [5, 5.41) is 6.18. The van der Waals surface area contributed by atoms with Gasteiger partial charge in [0.25, 0.3) is 5.91 Å². The summed E-state index contributed by atoms with van der Waals surface area (Å²) in [4.78, 5) is 37.9. The number of hydrogen-bond acceptors (Lipinski definition) is 6. The average Bonchev–Trinajstić information content (AvgIpc) is 3.37. The van der Waals surface area contributed by atoms with E-state index in [0.29, 0.717) is 17.7 Å². The molecule has 3 rings (SSSR count). The number of amides is 2. The highest BCUT2D eigenvalue weighted by Gasteiger charge is 2.33. The minimum Gasteiger partial charge on any atom is -0.465 e. The van der Waals surface area contributed by atoms with Gasteiger partial charge in [0, 0.05) is 31.0 Å². The number of nitrogens with zero attached hydrogens (tertiary/aromatic N) is 1. The minimum absolute atomic E-state index is 0.144. The minimum atomic E-state index is -0.430. The zero-order chi connectivity index (χ0) is 18.5. The summed E-state index contributed by atoms with van der Waals surface area (Å²) in [5.74, 6) is 1.57. The van der Waals surface area contributed by atoms with Crippen LogP contribution in [0.4, 0.5) is 0 Å². The lowest BCUT2D eigenvalue weighted by Gasteiger charge is -2.19. The molecule has 1 aromatic carbocycles. The van der Waals surface area contributed by atoms with Gasteiger partial charge >= 0.3 is 5.97 Å². The number of carbonyl (C=O) groups excluding carboxylic acids is 3. The van der Waals surface area contributed by atoms with E-state index in [0.717, 1.165) is 31.1 Å². The Morgan fingerprint density at radius 1 is 1.27 bits per heavy atom. The molecule has 26 heavy (non-hydrogen) atoms. The maximum Gasteiger partial charge on any atom is 0.337 e. The number of hydrogen-bond donors (Lipinski definition) is 2. The molecule has 0 aromatic heterocycles.